The first kappa shape index (κ1) is 19.1. The third kappa shape index (κ3) is 4.27. The van der Waals surface area contributed by atoms with Crippen molar-refractivity contribution in [1.82, 2.24) is 0 Å². The maximum Gasteiger partial charge on any atom is 0.242 e. The average molecular weight is 405 g/mol. The van der Waals surface area contributed by atoms with Gasteiger partial charge >= 0.3 is 0 Å². The van der Waals surface area contributed by atoms with E-state index in [0.717, 1.165) is 10.5 Å². The number of ether oxygens (including phenoxy) is 2. The zero-order valence-electron chi connectivity index (χ0n) is 15.8. The van der Waals surface area contributed by atoms with Crippen LogP contribution in [0.2, 0.25) is 0 Å². The molecule has 1 atom stereocenters. The van der Waals surface area contributed by atoms with Crippen LogP contribution in [-0.4, -0.2) is 18.5 Å². The number of thioether (sulfide) groups is 1. The SMILES string of the molecule is CC(=O)c1cc2c(cc1NC(=O)[C@H](Sc1ccccc1)c1ccccc1)OCO2. The second-order valence-electron chi connectivity index (χ2n) is 6.52. The minimum Gasteiger partial charge on any atom is -0.454 e. The number of ketones is 1. The Morgan fingerprint density at radius 3 is 2.21 bits per heavy atom. The normalized spacial score (nSPS) is 13.0. The summed E-state index contributed by atoms with van der Waals surface area (Å²) in [5.74, 6) is 0.640. The fourth-order valence-electron chi connectivity index (χ4n) is 3.07. The molecular formula is C23H19NO4S. The predicted octanol–water partition coefficient (Wildman–Crippen LogP) is 5.09. The number of anilines is 1. The summed E-state index contributed by atoms with van der Waals surface area (Å²) in [6.45, 7) is 1.56. The molecule has 1 amide bonds. The van der Waals surface area contributed by atoms with E-state index in [2.05, 4.69) is 5.32 Å². The number of nitrogens with one attached hydrogen (secondary N) is 1. The quantitative estimate of drug-likeness (QED) is 0.457. The molecule has 3 aromatic rings. The summed E-state index contributed by atoms with van der Waals surface area (Å²) >= 11 is 1.46. The van der Waals surface area contributed by atoms with Crippen LogP contribution in [0.25, 0.3) is 0 Å². The van der Waals surface area contributed by atoms with Crippen molar-refractivity contribution in [2.45, 2.75) is 17.1 Å². The lowest BCUT2D eigenvalue weighted by atomic mass is 10.1. The first-order chi connectivity index (χ1) is 14.1. The summed E-state index contributed by atoms with van der Waals surface area (Å²) in [5, 5.41) is 2.44. The zero-order valence-corrected chi connectivity index (χ0v) is 16.6. The number of rotatable bonds is 6. The molecule has 1 N–H and O–H groups in total. The van der Waals surface area contributed by atoms with Crippen molar-refractivity contribution in [2.24, 2.45) is 0 Å². The number of carbonyl (C=O) groups is 2. The monoisotopic (exact) mass is 405 g/mol. The first-order valence-electron chi connectivity index (χ1n) is 9.14. The Morgan fingerprint density at radius 1 is 0.931 bits per heavy atom. The summed E-state index contributed by atoms with van der Waals surface area (Å²) in [5.41, 5.74) is 1.68. The van der Waals surface area contributed by atoms with Crippen molar-refractivity contribution in [3.63, 3.8) is 0 Å². The van der Waals surface area contributed by atoms with Crippen LogP contribution in [0.5, 0.6) is 11.5 Å². The maximum atomic E-state index is 13.3. The maximum absolute atomic E-state index is 13.3. The molecule has 0 radical (unpaired) electrons. The Balaban J connectivity index is 1.66. The van der Waals surface area contributed by atoms with E-state index in [1.165, 1.54) is 18.7 Å². The fourth-order valence-corrected chi connectivity index (χ4v) is 4.12. The van der Waals surface area contributed by atoms with Gasteiger partial charge in [-0.15, -0.1) is 11.8 Å². The Labute approximate surface area is 173 Å². The van der Waals surface area contributed by atoms with Crippen molar-refractivity contribution >= 4 is 29.1 Å². The lowest BCUT2D eigenvalue weighted by Crippen LogP contribution is -2.20. The van der Waals surface area contributed by atoms with E-state index < -0.39 is 5.25 Å². The fraction of sp³-hybridized carbons (Fsp3) is 0.130. The molecule has 1 aliphatic rings. The molecule has 0 spiro atoms. The highest BCUT2D eigenvalue weighted by Crippen LogP contribution is 2.39. The van der Waals surface area contributed by atoms with Gasteiger partial charge in [-0.2, -0.15) is 0 Å². The van der Waals surface area contributed by atoms with Crippen molar-refractivity contribution in [3.8, 4) is 11.5 Å². The number of benzene rings is 3. The number of hydrogen-bond donors (Lipinski definition) is 1. The molecule has 29 heavy (non-hydrogen) atoms. The molecule has 0 bridgehead atoms. The van der Waals surface area contributed by atoms with Crippen molar-refractivity contribution in [2.75, 3.05) is 12.1 Å². The molecule has 1 heterocycles. The third-order valence-electron chi connectivity index (χ3n) is 4.49. The highest BCUT2D eigenvalue weighted by molar-refractivity contribution is 8.00. The molecule has 6 heteroatoms. The van der Waals surface area contributed by atoms with Gasteiger partial charge in [0.1, 0.15) is 5.25 Å². The number of fused-ring (bicyclic) bond motifs is 1. The van der Waals surface area contributed by atoms with Crippen LogP contribution < -0.4 is 14.8 Å². The summed E-state index contributed by atoms with van der Waals surface area (Å²) in [6.07, 6.45) is 0. The van der Waals surface area contributed by atoms with E-state index in [-0.39, 0.29) is 18.5 Å². The number of amides is 1. The molecule has 0 aromatic heterocycles. The van der Waals surface area contributed by atoms with E-state index in [0.29, 0.717) is 22.7 Å². The van der Waals surface area contributed by atoms with E-state index in [1.807, 2.05) is 60.7 Å². The smallest absolute Gasteiger partial charge is 0.242 e. The van der Waals surface area contributed by atoms with Crippen LogP contribution in [0.3, 0.4) is 0 Å². The topological polar surface area (TPSA) is 64.6 Å². The minimum atomic E-state index is -0.483. The average Bonchev–Trinajstić information content (AvgIpc) is 3.20. The van der Waals surface area contributed by atoms with Gasteiger partial charge in [0.15, 0.2) is 17.3 Å². The molecule has 0 aliphatic carbocycles. The Bertz CT molecular complexity index is 1040. The van der Waals surface area contributed by atoms with Crippen LogP contribution in [-0.2, 0) is 4.79 Å². The van der Waals surface area contributed by atoms with Crippen molar-refractivity contribution < 1.29 is 19.1 Å². The van der Waals surface area contributed by atoms with Gasteiger partial charge in [0.05, 0.1) is 5.69 Å². The van der Waals surface area contributed by atoms with E-state index in [4.69, 9.17) is 9.47 Å². The Morgan fingerprint density at radius 2 is 1.55 bits per heavy atom. The lowest BCUT2D eigenvalue weighted by molar-refractivity contribution is -0.115. The Hall–Kier alpha value is -3.25. The second-order valence-corrected chi connectivity index (χ2v) is 7.70. The van der Waals surface area contributed by atoms with Gasteiger partial charge in [0.25, 0.3) is 0 Å². The summed E-state index contributed by atoms with van der Waals surface area (Å²) < 4.78 is 10.8. The molecular weight excluding hydrogens is 386 g/mol. The summed E-state index contributed by atoms with van der Waals surface area (Å²) in [7, 11) is 0. The van der Waals surface area contributed by atoms with Crippen LogP contribution >= 0.6 is 11.8 Å². The highest BCUT2D eigenvalue weighted by Gasteiger charge is 2.25. The highest BCUT2D eigenvalue weighted by atomic mass is 32.2. The summed E-state index contributed by atoms with van der Waals surface area (Å²) in [6, 6.07) is 22.6. The van der Waals surface area contributed by atoms with Gasteiger partial charge in [-0.25, -0.2) is 0 Å². The van der Waals surface area contributed by atoms with Crippen LogP contribution in [0.4, 0.5) is 5.69 Å². The first-order valence-corrected chi connectivity index (χ1v) is 10.0. The molecule has 0 saturated heterocycles. The third-order valence-corrected chi connectivity index (χ3v) is 5.75. The van der Waals surface area contributed by atoms with E-state index in [1.54, 1.807) is 12.1 Å². The molecule has 4 rings (SSSR count). The van der Waals surface area contributed by atoms with Crippen molar-refractivity contribution in [1.29, 1.82) is 0 Å². The van der Waals surface area contributed by atoms with E-state index >= 15 is 0 Å². The number of Topliss-reactive ketones (excluding diaryl/α,β-unsaturated/α-hetero) is 1. The van der Waals surface area contributed by atoms with Crippen molar-refractivity contribution in [3.05, 3.63) is 83.9 Å². The molecule has 146 valence electrons. The molecule has 0 unspecified atom stereocenters. The van der Waals surface area contributed by atoms with E-state index in [9.17, 15) is 9.59 Å². The number of hydrogen-bond acceptors (Lipinski definition) is 5. The summed E-state index contributed by atoms with van der Waals surface area (Å²) in [4.78, 5) is 26.4. The van der Waals surface area contributed by atoms with Gasteiger partial charge in [-0.3, -0.25) is 9.59 Å². The van der Waals surface area contributed by atoms with Gasteiger partial charge in [-0.05, 0) is 30.7 Å². The standard InChI is InChI=1S/C23H19NO4S/c1-15(25)18-12-20-21(28-14-27-20)13-19(18)24-23(26)22(16-8-4-2-5-9-16)29-17-10-6-3-7-11-17/h2-13,22H,14H2,1H3,(H,24,26)/t22-/m1/s1. The van der Waals surface area contributed by atoms with Crippen LogP contribution in [0.1, 0.15) is 28.1 Å². The largest absolute Gasteiger partial charge is 0.454 e. The van der Waals surface area contributed by atoms with Gasteiger partial charge in [0.2, 0.25) is 12.7 Å². The predicted molar refractivity (Wildman–Crippen MR) is 113 cm³/mol. The van der Waals surface area contributed by atoms with Gasteiger partial charge < -0.3 is 14.8 Å². The molecule has 0 saturated carbocycles. The lowest BCUT2D eigenvalue weighted by Gasteiger charge is -2.18. The molecule has 3 aromatic carbocycles. The molecule has 5 nitrogen and oxygen atoms in total. The Kier molecular flexibility index (Phi) is 5.53. The van der Waals surface area contributed by atoms with Gasteiger partial charge in [0, 0.05) is 16.5 Å². The molecule has 0 fully saturated rings. The second kappa shape index (κ2) is 8.41. The number of carbonyl (C=O) groups excluding carboxylic acids is 2. The molecule has 1 aliphatic heterocycles. The zero-order chi connectivity index (χ0) is 20.2. The minimum absolute atomic E-state index is 0.0978. The van der Waals surface area contributed by atoms with Crippen LogP contribution in [0, 0.1) is 0 Å². The van der Waals surface area contributed by atoms with Crippen LogP contribution in [0.15, 0.2) is 77.7 Å². The van der Waals surface area contributed by atoms with Gasteiger partial charge in [-0.1, -0.05) is 48.5 Å².